The number of thiazole rings is 1. The molecule has 1 unspecified atom stereocenters. The highest BCUT2D eigenvalue weighted by Crippen LogP contribution is 2.35. The normalized spacial score (nSPS) is 17.5. The van der Waals surface area contributed by atoms with Gasteiger partial charge in [0.2, 0.25) is 0 Å². The number of nitrogen functional groups attached to an aromatic ring is 1. The zero-order valence-corrected chi connectivity index (χ0v) is 14.0. The van der Waals surface area contributed by atoms with E-state index in [1.165, 1.54) is 23.5 Å². The van der Waals surface area contributed by atoms with Gasteiger partial charge in [0.15, 0.2) is 11.0 Å². The van der Waals surface area contributed by atoms with Crippen LogP contribution in [0.2, 0.25) is 5.02 Å². The highest BCUT2D eigenvalue weighted by molar-refractivity contribution is 7.13. The summed E-state index contributed by atoms with van der Waals surface area (Å²) in [4.78, 5) is 20.2. The minimum Gasteiger partial charge on any atom is -0.478 e. The van der Waals surface area contributed by atoms with Gasteiger partial charge in [0.25, 0.3) is 0 Å². The molecule has 1 aliphatic rings. The summed E-state index contributed by atoms with van der Waals surface area (Å²) in [5.41, 5.74) is 6.99. The van der Waals surface area contributed by atoms with E-state index in [1.54, 1.807) is 12.3 Å². The van der Waals surface area contributed by atoms with Crippen molar-refractivity contribution < 1.29 is 14.3 Å². The molecule has 1 aromatic heterocycles. The maximum atomic E-state index is 13.3. The van der Waals surface area contributed by atoms with Gasteiger partial charge in [-0.15, -0.1) is 11.3 Å². The second-order valence-electron chi connectivity index (χ2n) is 5.09. The summed E-state index contributed by atoms with van der Waals surface area (Å²) in [5, 5.41) is 14.6. The Bertz CT molecular complexity index is 893. The maximum Gasteiger partial charge on any atom is 0.335 e. The van der Waals surface area contributed by atoms with Gasteiger partial charge in [0.1, 0.15) is 17.6 Å². The number of carbonyl (C=O) groups is 1. The molecule has 0 saturated heterocycles. The van der Waals surface area contributed by atoms with Crippen molar-refractivity contribution in [3.8, 4) is 0 Å². The number of carboxylic acid groups (broad SMARTS) is 1. The van der Waals surface area contributed by atoms with Crippen LogP contribution in [0.15, 0.2) is 39.8 Å². The number of halogens is 2. The number of aliphatic carboxylic acids is 1. The lowest BCUT2D eigenvalue weighted by atomic mass is 9.96. The van der Waals surface area contributed by atoms with Gasteiger partial charge < -0.3 is 16.2 Å². The molecular weight excluding hydrogens is 355 g/mol. The molecule has 1 aliphatic heterocycles. The summed E-state index contributed by atoms with van der Waals surface area (Å²) in [7, 11) is 0. The number of rotatable bonds is 3. The van der Waals surface area contributed by atoms with Gasteiger partial charge in [-0.3, -0.25) is 4.99 Å². The maximum absolute atomic E-state index is 13.3. The van der Waals surface area contributed by atoms with Crippen molar-refractivity contribution in [2.24, 2.45) is 4.99 Å². The van der Waals surface area contributed by atoms with Gasteiger partial charge in [-0.2, -0.15) is 0 Å². The Morgan fingerprint density at radius 2 is 2.25 bits per heavy atom. The Morgan fingerprint density at radius 1 is 1.50 bits per heavy atom. The molecule has 2 aromatic rings. The monoisotopic (exact) mass is 366 g/mol. The Kier molecular flexibility index (Phi) is 4.25. The van der Waals surface area contributed by atoms with Crippen molar-refractivity contribution in [3.05, 3.63) is 56.9 Å². The van der Waals surface area contributed by atoms with Crippen molar-refractivity contribution >= 4 is 39.9 Å². The van der Waals surface area contributed by atoms with Crippen molar-refractivity contribution in [1.82, 2.24) is 10.3 Å². The van der Waals surface area contributed by atoms with Gasteiger partial charge in [-0.25, -0.2) is 14.2 Å². The number of nitrogens with zero attached hydrogens (tertiary/aromatic N) is 2. The fraction of sp³-hybridized carbons (Fsp3) is 0.133. The standard InChI is InChI=1S/C15H12ClFN4O2S/c1-6-11(14(22)23)12(8-3-2-7(17)4-9(8)16)21-13(19-6)10-5-24-15(18)20-10/h2-5,12H,1H3,(H2,18,20)(H,19,21)(H,22,23). The van der Waals surface area contributed by atoms with Crippen molar-refractivity contribution in [2.75, 3.05) is 5.73 Å². The molecule has 1 atom stereocenters. The number of aliphatic imine (C=N–C) groups is 1. The first-order valence-electron chi connectivity index (χ1n) is 6.82. The highest BCUT2D eigenvalue weighted by Gasteiger charge is 2.31. The quantitative estimate of drug-likeness (QED) is 0.775. The van der Waals surface area contributed by atoms with E-state index in [-0.39, 0.29) is 10.6 Å². The topological polar surface area (TPSA) is 101 Å². The van der Waals surface area contributed by atoms with Crippen LogP contribution < -0.4 is 11.1 Å². The van der Waals surface area contributed by atoms with Gasteiger partial charge in [-0.1, -0.05) is 17.7 Å². The van der Waals surface area contributed by atoms with Gasteiger partial charge in [0, 0.05) is 21.7 Å². The van der Waals surface area contributed by atoms with E-state index < -0.39 is 17.8 Å². The molecule has 0 bridgehead atoms. The third kappa shape index (κ3) is 2.98. The Morgan fingerprint density at radius 3 is 2.83 bits per heavy atom. The number of hydrogen-bond acceptors (Lipinski definition) is 6. The summed E-state index contributed by atoms with van der Waals surface area (Å²) in [6.07, 6.45) is 0. The first-order valence-corrected chi connectivity index (χ1v) is 8.07. The van der Waals surface area contributed by atoms with Crippen LogP contribution in [0.3, 0.4) is 0 Å². The molecule has 0 amide bonds. The third-order valence-corrected chi connectivity index (χ3v) is 4.49. The molecule has 24 heavy (non-hydrogen) atoms. The summed E-state index contributed by atoms with van der Waals surface area (Å²) in [6.45, 7) is 1.62. The number of aromatic nitrogens is 1. The van der Waals surface area contributed by atoms with Crippen LogP contribution in [0, 0.1) is 5.82 Å². The van der Waals surface area contributed by atoms with Gasteiger partial charge in [-0.05, 0) is 19.1 Å². The Balaban J connectivity index is 2.14. The minimum atomic E-state index is -1.13. The number of benzene rings is 1. The molecule has 9 heteroatoms. The summed E-state index contributed by atoms with van der Waals surface area (Å²) in [6, 6.07) is 2.90. The van der Waals surface area contributed by atoms with Crippen LogP contribution in [0.4, 0.5) is 9.52 Å². The van der Waals surface area contributed by atoms with E-state index in [1.807, 2.05) is 0 Å². The van der Waals surface area contributed by atoms with Gasteiger partial charge in [0.05, 0.1) is 5.57 Å². The predicted octanol–water partition coefficient (Wildman–Crippen LogP) is 2.97. The lowest BCUT2D eigenvalue weighted by Crippen LogP contribution is -2.32. The second kappa shape index (κ2) is 6.21. The molecule has 124 valence electrons. The largest absolute Gasteiger partial charge is 0.478 e. The van der Waals surface area contributed by atoms with E-state index >= 15 is 0 Å². The number of anilines is 1. The number of allylic oxidation sites excluding steroid dienone is 1. The van der Waals surface area contributed by atoms with E-state index in [4.69, 9.17) is 17.3 Å². The van der Waals surface area contributed by atoms with Crippen LogP contribution in [-0.4, -0.2) is 21.9 Å². The second-order valence-corrected chi connectivity index (χ2v) is 6.38. The third-order valence-electron chi connectivity index (χ3n) is 3.49. The highest BCUT2D eigenvalue weighted by atomic mass is 35.5. The van der Waals surface area contributed by atoms with Gasteiger partial charge >= 0.3 is 5.97 Å². The van der Waals surface area contributed by atoms with Crippen molar-refractivity contribution in [2.45, 2.75) is 13.0 Å². The molecule has 2 heterocycles. The zero-order valence-electron chi connectivity index (χ0n) is 12.4. The van der Waals surface area contributed by atoms with Crippen molar-refractivity contribution in [3.63, 3.8) is 0 Å². The fourth-order valence-corrected chi connectivity index (χ4v) is 3.25. The van der Waals surface area contributed by atoms with E-state index in [0.29, 0.717) is 27.9 Å². The predicted molar refractivity (Wildman–Crippen MR) is 90.7 cm³/mol. The number of carboxylic acids is 1. The average molecular weight is 367 g/mol. The molecule has 0 spiro atoms. The molecule has 0 saturated carbocycles. The molecule has 3 rings (SSSR count). The number of nitrogens with one attached hydrogen (secondary N) is 1. The number of hydrogen-bond donors (Lipinski definition) is 3. The SMILES string of the molecule is CC1=C(C(=O)O)C(c2ccc(F)cc2Cl)N=C(c2csc(N)n2)N1. The lowest BCUT2D eigenvalue weighted by molar-refractivity contribution is -0.133. The van der Waals surface area contributed by atoms with Crippen molar-refractivity contribution in [1.29, 1.82) is 0 Å². The molecule has 0 fully saturated rings. The molecule has 4 N–H and O–H groups in total. The molecular formula is C15H12ClFN4O2S. The van der Waals surface area contributed by atoms with Crippen LogP contribution in [-0.2, 0) is 4.79 Å². The summed E-state index contributed by atoms with van der Waals surface area (Å²) < 4.78 is 13.3. The smallest absolute Gasteiger partial charge is 0.335 e. The van der Waals surface area contributed by atoms with E-state index in [2.05, 4.69) is 15.3 Å². The molecule has 1 aromatic carbocycles. The zero-order chi connectivity index (χ0) is 17.4. The average Bonchev–Trinajstić information content (AvgIpc) is 2.92. The number of nitrogens with two attached hydrogens (primary N) is 1. The van der Waals surface area contributed by atoms with E-state index in [9.17, 15) is 14.3 Å². The first-order chi connectivity index (χ1) is 11.4. The van der Waals surface area contributed by atoms with E-state index in [0.717, 1.165) is 6.07 Å². The number of amidine groups is 1. The fourth-order valence-electron chi connectivity index (χ4n) is 2.43. The molecule has 0 aliphatic carbocycles. The summed E-state index contributed by atoms with van der Waals surface area (Å²) in [5.74, 6) is -1.26. The minimum absolute atomic E-state index is 0.0375. The Hall–Kier alpha value is -2.45. The van der Waals surface area contributed by atoms with Crippen LogP contribution in [0.5, 0.6) is 0 Å². The molecule has 6 nitrogen and oxygen atoms in total. The van der Waals surface area contributed by atoms with Crippen LogP contribution in [0.1, 0.15) is 24.2 Å². The summed E-state index contributed by atoms with van der Waals surface area (Å²) >= 11 is 7.35. The lowest BCUT2D eigenvalue weighted by Gasteiger charge is -2.25. The Labute approximate surface area is 145 Å². The molecule has 0 radical (unpaired) electrons. The first kappa shape index (κ1) is 16.4. The van der Waals surface area contributed by atoms with Crippen LogP contribution in [0.25, 0.3) is 0 Å². The van der Waals surface area contributed by atoms with Crippen LogP contribution >= 0.6 is 22.9 Å².